The van der Waals surface area contributed by atoms with Gasteiger partial charge < -0.3 is 14.6 Å². The molecule has 2 aromatic rings. The Morgan fingerprint density at radius 3 is 2.88 bits per heavy atom. The number of methoxy groups -OCH3 is 1. The first kappa shape index (κ1) is 16.1. The molecule has 24 heavy (non-hydrogen) atoms. The number of nitrogens with one attached hydrogen (secondary N) is 1. The summed E-state index contributed by atoms with van der Waals surface area (Å²) < 4.78 is 7.23. The number of hydrogen-bond donors (Lipinski definition) is 1. The molecule has 2 heterocycles. The molecule has 1 aliphatic rings. The van der Waals surface area contributed by atoms with E-state index in [0.717, 1.165) is 37.5 Å². The van der Waals surface area contributed by atoms with Crippen LogP contribution in [0.4, 0.5) is 0 Å². The summed E-state index contributed by atoms with van der Waals surface area (Å²) in [5.41, 5.74) is 1.11. The molecule has 7 nitrogen and oxygen atoms in total. The van der Waals surface area contributed by atoms with Crippen molar-refractivity contribution in [3.05, 3.63) is 47.0 Å². The molecule has 1 aromatic carbocycles. The van der Waals surface area contributed by atoms with Gasteiger partial charge in [0.05, 0.1) is 11.6 Å². The highest BCUT2D eigenvalue weighted by atomic mass is 16.5. The number of aromatic nitrogens is 3. The van der Waals surface area contributed by atoms with Crippen LogP contribution in [0.1, 0.15) is 40.4 Å². The second-order valence-corrected chi connectivity index (χ2v) is 5.80. The molecule has 0 bridgehead atoms. The van der Waals surface area contributed by atoms with Crippen LogP contribution in [0.5, 0.6) is 0 Å². The number of nitriles is 1. The minimum Gasteiger partial charge on any atom is -0.377 e. The van der Waals surface area contributed by atoms with Gasteiger partial charge in [-0.1, -0.05) is 0 Å². The molecule has 0 saturated heterocycles. The monoisotopic (exact) mass is 325 g/mol. The van der Waals surface area contributed by atoms with E-state index in [1.165, 1.54) is 0 Å². The summed E-state index contributed by atoms with van der Waals surface area (Å²) in [4.78, 5) is 12.4. The molecule has 0 radical (unpaired) electrons. The number of benzene rings is 1. The molecule has 0 fully saturated rings. The number of carbonyl (C=O) groups is 1. The summed E-state index contributed by atoms with van der Waals surface area (Å²) in [5.74, 6) is 1.66. The van der Waals surface area contributed by atoms with Crippen LogP contribution >= 0.6 is 0 Å². The normalized spacial score (nSPS) is 16.8. The topological polar surface area (TPSA) is 92.8 Å². The van der Waals surface area contributed by atoms with Crippen molar-refractivity contribution in [3.63, 3.8) is 0 Å². The highest BCUT2D eigenvalue weighted by Crippen LogP contribution is 2.16. The smallest absolute Gasteiger partial charge is 0.251 e. The fraction of sp³-hybridized carbons (Fsp3) is 0.412. The van der Waals surface area contributed by atoms with Gasteiger partial charge in [0.1, 0.15) is 12.4 Å². The molecule has 0 aliphatic carbocycles. The number of hydrogen-bond acceptors (Lipinski definition) is 5. The Morgan fingerprint density at radius 2 is 2.17 bits per heavy atom. The Balaban J connectivity index is 1.63. The lowest BCUT2D eigenvalue weighted by atomic mass is 10.1. The number of ether oxygens (including phenoxy) is 1. The van der Waals surface area contributed by atoms with E-state index in [-0.39, 0.29) is 11.9 Å². The lowest BCUT2D eigenvalue weighted by Crippen LogP contribution is -2.35. The molecule has 0 saturated carbocycles. The maximum Gasteiger partial charge on any atom is 0.251 e. The van der Waals surface area contributed by atoms with Crippen molar-refractivity contribution in [2.45, 2.75) is 38.5 Å². The number of nitrogens with zero attached hydrogens (tertiary/aromatic N) is 4. The van der Waals surface area contributed by atoms with Crippen molar-refractivity contribution in [2.75, 3.05) is 7.11 Å². The maximum absolute atomic E-state index is 12.4. The van der Waals surface area contributed by atoms with E-state index >= 15 is 0 Å². The van der Waals surface area contributed by atoms with E-state index in [4.69, 9.17) is 10.00 Å². The van der Waals surface area contributed by atoms with Gasteiger partial charge in [0, 0.05) is 31.7 Å². The standard InChI is InChI=1S/C17H19N5O2/c1-24-11-16-21-20-15-7-6-14(8-9-22(15)16)19-17(23)13-4-2-12(10-18)3-5-13/h2-5,14H,6-9,11H2,1H3,(H,19,23). The molecule has 1 atom stereocenters. The third kappa shape index (κ3) is 3.44. The van der Waals surface area contributed by atoms with Crippen molar-refractivity contribution in [2.24, 2.45) is 0 Å². The zero-order valence-corrected chi connectivity index (χ0v) is 13.5. The van der Waals surface area contributed by atoms with Gasteiger partial charge in [-0.05, 0) is 37.1 Å². The van der Waals surface area contributed by atoms with Crippen molar-refractivity contribution in [3.8, 4) is 6.07 Å². The number of aryl methyl sites for hydroxylation is 1. The van der Waals surface area contributed by atoms with Crippen LogP contribution in [-0.4, -0.2) is 33.8 Å². The maximum atomic E-state index is 12.4. The summed E-state index contributed by atoms with van der Waals surface area (Å²) in [6.45, 7) is 1.20. The fourth-order valence-corrected chi connectivity index (χ4v) is 2.89. The van der Waals surface area contributed by atoms with Gasteiger partial charge in [-0.25, -0.2) is 0 Å². The van der Waals surface area contributed by atoms with Crippen molar-refractivity contribution in [1.82, 2.24) is 20.1 Å². The molecule has 1 N–H and O–H groups in total. The van der Waals surface area contributed by atoms with Gasteiger partial charge in [0.25, 0.3) is 5.91 Å². The lowest BCUT2D eigenvalue weighted by molar-refractivity contribution is 0.0932. The van der Waals surface area contributed by atoms with E-state index in [0.29, 0.717) is 17.7 Å². The van der Waals surface area contributed by atoms with E-state index < -0.39 is 0 Å². The van der Waals surface area contributed by atoms with Crippen LogP contribution in [0, 0.1) is 11.3 Å². The van der Waals surface area contributed by atoms with Gasteiger partial charge in [0.15, 0.2) is 5.82 Å². The van der Waals surface area contributed by atoms with Crippen LogP contribution in [0.25, 0.3) is 0 Å². The third-order valence-electron chi connectivity index (χ3n) is 4.21. The molecule has 1 aromatic heterocycles. The molecule has 0 spiro atoms. The number of rotatable bonds is 4. The Bertz CT molecular complexity index is 760. The molecule has 1 amide bonds. The summed E-state index contributed by atoms with van der Waals surface area (Å²) >= 11 is 0. The average Bonchev–Trinajstić information content (AvgIpc) is 2.88. The Kier molecular flexibility index (Phi) is 4.87. The first-order chi connectivity index (χ1) is 11.7. The average molecular weight is 325 g/mol. The van der Waals surface area contributed by atoms with Gasteiger partial charge >= 0.3 is 0 Å². The van der Waals surface area contributed by atoms with Crippen molar-refractivity contribution >= 4 is 5.91 Å². The second-order valence-electron chi connectivity index (χ2n) is 5.80. The molecule has 7 heteroatoms. The van der Waals surface area contributed by atoms with Gasteiger partial charge in [-0.2, -0.15) is 5.26 Å². The minimum atomic E-state index is -0.112. The first-order valence-electron chi connectivity index (χ1n) is 7.92. The van der Waals surface area contributed by atoms with Crippen molar-refractivity contribution in [1.29, 1.82) is 5.26 Å². The SMILES string of the molecule is COCc1nnc2n1CCC(NC(=O)c1ccc(C#N)cc1)CC2. The molecular weight excluding hydrogens is 306 g/mol. The number of carbonyl (C=O) groups excluding carboxylic acids is 1. The van der Waals surface area contributed by atoms with Crippen LogP contribution in [0.3, 0.4) is 0 Å². The Morgan fingerprint density at radius 1 is 1.38 bits per heavy atom. The van der Waals surface area contributed by atoms with Crippen LogP contribution in [0.2, 0.25) is 0 Å². The lowest BCUT2D eigenvalue weighted by Gasteiger charge is -2.16. The minimum absolute atomic E-state index is 0.0882. The zero-order valence-electron chi connectivity index (χ0n) is 13.5. The predicted molar refractivity (Wildman–Crippen MR) is 86.1 cm³/mol. The summed E-state index contributed by atoms with van der Waals surface area (Å²) in [6, 6.07) is 8.80. The highest BCUT2D eigenvalue weighted by Gasteiger charge is 2.21. The quantitative estimate of drug-likeness (QED) is 0.918. The van der Waals surface area contributed by atoms with Crippen molar-refractivity contribution < 1.29 is 9.53 Å². The Hall–Kier alpha value is -2.72. The number of amides is 1. The fourth-order valence-electron chi connectivity index (χ4n) is 2.89. The zero-order chi connectivity index (χ0) is 16.9. The third-order valence-corrected chi connectivity index (χ3v) is 4.21. The molecule has 124 valence electrons. The van der Waals surface area contributed by atoms with E-state index in [9.17, 15) is 4.79 Å². The van der Waals surface area contributed by atoms with Crippen LogP contribution in [-0.2, 0) is 24.3 Å². The van der Waals surface area contributed by atoms with E-state index in [1.54, 1.807) is 31.4 Å². The van der Waals surface area contributed by atoms with Gasteiger partial charge in [-0.15, -0.1) is 10.2 Å². The summed E-state index contributed by atoms with van der Waals surface area (Å²) in [7, 11) is 1.64. The molecule has 3 rings (SSSR count). The molecule has 1 unspecified atom stereocenters. The van der Waals surface area contributed by atoms with E-state index in [2.05, 4.69) is 20.1 Å². The van der Waals surface area contributed by atoms with E-state index in [1.807, 2.05) is 6.07 Å². The summed E-state index contributed by atoms with van der Waals surface area (Å²) in [5, 5.41) is 20.3. The summed E-state index contributed by atoms with van der Waals surface area (Å²) in [6.07, 6.45) is 2.42. The largest absolute Gasteiger partial charge is 0.377 e. The second kappa shape index (κ2) is 7.23. The van der Waals surface area contributed by atoms with Gasteiger partial charge in [0.2, 0.25) is 0 Å². The van der Waals surface area contributed by atoms with Gasteiger partial charge in [-0.3, -0.25) is 4.79 Å². The highest BCUT2D eigenvalue weighted by molar-refractivity contribution is 5.94. The Labute approximate surface area is 140 Å². The van der Waals surface area contributed by atoms with Crippen LogP contribution in [0.15, 0.2) is 24.3 Å². The predicted octanol–water partition coefficient (Wildman–Crippen LogP) is 1.43. The number of fused-ring (bicyclic) bond motifs is 1. The molecule has 1 aliphatic heterocycles. The van der Waals surface area contributed by atoms with Crippen LogP contribution < -0.4 is 5.32 Å². The first-order valence-corrected chi connectivity index (χ1v) is 7.92. The molecular formula is C17H19N5O2.